The second kappa shape index (κ2) is 5.10. The van der Waals surface area contributed by atoms with Crippen molar-refractivity contribution >= 4 is 0 Å². The summed E-state index contributed by atoms with van der Waals surface area (Å²) in [6.07, 6.45) is 0.343. The summed E-state index contributed by atoms with van der Waals surface area (Å²) in [7, 11) is 0. The summed E-state index contributed by atoms with van der Waals surface area (Å²) < 4.78 is 15.3. The van der Waals surface area contributed by atoms with Gasteiger partial charge < -0.3 is 14.2 Å². The van der Waals surface area contributed by atoms with Crippen molar-refractivity contribution in [2.24, 2.45) is 0 Å². The Hall–Kier alpha value is -2.00. The lowest BCUT2D eigenvalue weighted by molar-refractivity contribution is 0.263. The third-order valence-corrected chi connectivity index (χ3v) is 2.61. The van der Waals surface area contributed by atoms with Crippen LogP contribution in [0.2, 0.25) is 0 Å². The fourth-order valence-electron chi connectivity index (χ4n) is 1.48. The zero-order chi connectivity index (χ0) is 12.2. The largest absolute Gasteiger partial charge is 0.491 e. The molecule has 4 rings (SSSR count). The first-order valence-electron chi connectivity index (χ1n) is 5.98. The van der Waals surface area contributed by atoms with E-state index >= 15 is 0 Å². The number of para-hydroxylation sites is 3. The van der Waals surface area contributed by atoms with Gasteiger partial charge in [-0.3, -0.25) is 0 Å². The first-order chi connectivity index (χ1) is 8.92. The summed E-state index contributed by atoms with van der Waals surface area (Å²) in [5.41, 5.74) is 0. The third kappa shape index (κ3) is 3.25. The zero-order valence-electron chi connectivity index (χ0n) is 9.91. The molecule has 3 nitrogen and oxygen atoms in total. The van der Waals surface area contributed by atoms with Crippen LogP contribution in [0.3, 0.4) is 0 Å². The van der Waals surface area contributed by atoms with E-state index in [1.807, 2.05) is 54.6 Å². The molecule has 2 heterocycles. The summed E-state index contributed by atoms with van der Waals surface area (Å²) in [6, 6.07) is 17.6. The van der Waals surface area contributed by atoms with Crippen molar-refractivity contribution in [3.8, 4) is 17.2 Å². The second-order valence-electron chi connectivity index (χ2n) is 4.13. The zero-order valence-corrected chi connectivity index (χ0v) is 9.91. The van der Waals surface area contributed by atoms with Crippen LogP contribution in [0.1, 0.15) is 0 Å². The molecular weight excluding hydrogens is 228 g/mol. The number of fused-ring (bicyclic) bond motifs is 1. The topological polar surface area (TPSA) is 34.3 Å². The smallest absolute Gasteiger partial charge is 0.170 e. The number of epoxide rings is 1. The maximum absolute atomic E-state index is 5.40. The molecule has 0 bridgehead atoms. The molecule has 92 valence electrons. The van der Waals surface area contributed by atoms with Crippen LogP contribution < -0.4 is 9.47 Å². The quantitative estimate of drug-likeness (QED) is 0.661. The molecule has 1 atom stereocenters. The second-order valence-corrected chi connectivity index (χ2v) is 4.13. The molecule has 2 aliphatic rings. The molecule has 0 spiro atoms. The van der Waals surface area contributed by atoms with Crippen molar-refractivity contribution in [3.63, 3.8) is 0 Å². The van der Waals surface area contributed by atoms with Crippen LogP contribution in [0.15, 0.2) is 54.6 Å². The molecule has 0 radical (unpaired) electrons. The molecule has 0 amide bonds. The van der Waals surface area contributed by atoms with E-state index in [0.717, 1.165) is 23.9 Å². The van der Waals surface area contributed by atoms with Crippen molar-refractivity contribution in [3.05, 3.63) is 54.6 Å². The molecule has 2 aromatic rings. The monoisotopic (exact) mass is 242 g/mol. The Morgan fingerprint density at radius 3 is 2.11 bits per heavy atom. The van der Waals surface area contributed by atoms with Crippen LogP contribution >= 0.6 is 0 Å². The van der Waals surface area contributed by atoms with Gasteiger partial charge in [-0.25, -0.2) is 0 Å². The van der Waals surface area contributed by atoms with Gasteiger partial charge in [-0.1, -0.05) is 30.3 Å². The van der Waals surface area contributed by atoms with Gasteiger partial charge in [0, 0.05) is 0 Å². The molecule has 0 aliphatic carbocycles. The Balaban J connectivity index is 0.000000122. The molecule has 1 unspecified atom stereocenters. The SMILES string of the molecule is c1ccc(OCC2CO2)cc1.c1ccc2c(c1)O2. The van der Waals surface area contributed by atoms with E-state index in [2.05, 4.69) is 0 Å². The maximum Gasteiger partial charge on any atom is 0.170 e. The highest BCUT2D eigenvalue weighted by Crippen LogP contribution is 2.43. The van der Waals surface area contributed by atoms with Gasteiger partial charge in [-0.2, -0.15) is 0 Å². The van der Waals surface area contributed by atoms with E-state index in [0.29, 0.717) is 12.7 Å². The highest BCUT2D eigenvalue weighted by molar-refractivity contribution is 5.53. The first kappa shape index (κ1) is 11.1. The molecule has 2 aromatic carbocycles. The van der Waals surface area contributed by atoms with Crippen molar-refractivity contribution in [2.75, 3.05) is 13.2 Å². The summed E-state index contributed by atoms with van der Waals surface area (Å²) in [5, 5.41) is 0. The number of benzene rings is 2. The maximum atomic E-state index is 5.40. The van der Waals surface area contributed by atoms with E-state index < -0.39 is 0 Å². The molecule has 0 saturated carbocycles. The Bertz CT molecular complexity index is 485. The average molecular weight is 242 g/mol. The van der Waals surface area contributed by atoms with Gasteiger partial charge in [0.15, 0.2) is 11.5 Å². The molecular formula is C15H14O3. The summed E-state index contributed by atoms with van der Waals surface area (Å²) in [4.78, 5) is 0. The van der Waals surface area contributed by atoms with E-state index in [1.54, 1.807) is 0 Å². The Morgan fingerprint density at radius 2 is 1.56 bits per heavy atom. The van der Waals surface area contributed by atoms with Gasteiger partial charge in [-0.15, -0.1) is 0 Å². The lowest BCUT2D eigenvalue weighted by Gasteiger charge is -2.01. The van der Waals surface area contributed by atoms with Crippen molar-refractivity contribution < 1.29 is 14.2 Å². The molecule has 1 saturated heterocycles. The van der Waals surface area contributed by atoms with Crippen molar-refractivity contribution in [2.45, 2.75) is 6.10 Å². The number of hydrogen-bond donors (Lipinski definition) is 0. The minimum atomic E-state index is 0.343. The number of ether oxygens (including phenoxy) is 3. The first-order valence-corrected chi connectivity index (χ1v) is 5.98. The van der Waals surface area contributed by atoms with Crippen molar-refractivity contribution in [1.82, 2.24) is 0 Å². The fourth-order valence-corrected chi connectivity index (χ4v) is 1.48. The summed E-state index contributed by atoms with van der Waals surface area (Å²) in [5.74, 6) is 2.98. The van der Waals surface area contributed by atoms with E-state index in [1.165, 1.54) is 0 Å². The Morgan fingerprint density at radius 1 is 0.944 bits per heavy atom. The lowest BCUT2D eigenvalue weighted by atomic mass is 10.3. The van der Waals surface area contributed by atoms with Gasteiger partial charge in [0.1, 0.15) is 18.5 Å². The van der Waals surface area contributed by atoms with Crippen molar-refractivity contribution in [1.29, 1.82) is 0 Å². The van der Waals surface area contributed by atoms with Crippen LogP contribution in [0.5, 0.6) is 17.2 Å². The fraction of sp³-hybridized carbons (Fsp3) is 0.200. The van der Waals surface area contributed by atoms with Gasteiger partial charge >= 0.3 is 0 Å². The molecule has 3 heteroatoms. The Kier molecular flexibility index (Phi) is 3.15. The lowest BCUT2D eigenvalue weighted by Crippen LogP contribution is -2.03. The van der Waals surface area contributed by atoms with Crippen LogP contribution in [-0.2, 0) is 4.74 Å². The highest BCUT2D eigenvalue weighted by atomic mass is 16.6. The normalized spacial score (nSPS) is 17.7. The van der Waals surface area contributed by atoms with Crippen LogP contribution in [0.25, 0.3) is 0 Å². The molecule has 0 aromatic heterocycles. The van der Waals surface area contributed by atoms with Crippen LogP contribution in [-0.4, -0.2) is 19.3 Å². The van der Waals surface area contributed by atoms with E-state index in [4.69, 9.17) is 14.2 Å². The predicted molar refractivity (Wildman–Crippen MR) is 68.2 cm³/mol. The minimum absolute atomic E-state index is 0.343. The summed E-state index contributed by atoms with van der Waals surface area (Å²) >= 11 is 0. The standard InChI is InChI=1S/C9H10O2.C6H4O/c1-2-4-8(5-3-1)10-6-9-7-11-9;1-2-4-6-5(3-1)7-6/h1-5,9H,6-7H2;1-4H. The number of rotatable bonds is 3. The average Bonchev–Trinajstić information content (AvgIpc) is 3.31. The minimum Gasteiger partial charge on any atom is -0.491 e. The highest BCUT2D eigenvalue weighted by Gasteiger charge is 2.22. The molecule has 2 aliphatic heterocycles. The van der Waals surface area contributed by atoms with E-state index in [-0.39, 0.29) is 0 Å². The predicted octanol–water partition coefficient (Wildman–Crippen LogP) is 3.26. The van der Waals surface area contributed by atoms with Crippen LogP contribution in [0, 0.1) is 0 Å². The van der Waals surface area contributed by atoms with Gasteiger partial charge in [0.05, 0.1) is 6.61 Å². The van der Waals surface area contributed by atoms with Crippen LogP contribution in [0.4, 0.5) is 0 Å². The molecule has 18 heavy (non-hydrogen) atoms. The van der Waals surface area contributed by atoms with Gasteiger partial charge in [0.2, 0.25) is 0 Å². The number of hydrogen-bond acceptors (Lipinski definition) is 3. The Labute approximate surface area is 106 Å². The summed E-state index contributed by atoms with van der Waals surface area (Å²) in [6.45, 7) is 1.54. The van der Waals surface area contributed by atoms with Gasteiger partial charge in [0.25, 0.3) is 0 Å². The third-order valence-electron chi connectivity index (χ3n) is 2.61. The van der Waals surface area contributed by atoms with Gasteiger partial charge in [-0.05, 0) is 24.3 Å². The van der Waals surface area contributed by atoms with E-state index in [9.17, 15) is 0 Å². The molecule has 0 N–H and O–H groups in total. The molecule has 1 fully saturated rings.